The molecule has 480 valence electrons. The Kier molecular flexibility index (Phi) is 17.4. The number of nitrogens with zero attached hydrogens (tertiary/aromatic N) is 4. The third-order valence-electron chi connectivity index (χ3n) is 18.6. The van der Waals surface area contributed by atoms with Gasteiger partial charge in [-0.25, -0.2) is 19.7 Å². The third-order valence-corrected chi connectivity index (χ3v) is 18.9. The second kappa shape index (κ2) is 27.9. The Morgan fingerprint density at radius 2 is 0.608 bits per heavy atom. The van der Waals surface area contributed by atoms with Crippen molar-refractivity contribution in [2.45, 2.75) is 0 Å². The average molecular weight is 1330 g/mol. The van der Waals surface area contributed by atoms with Crippen LogP contribution in [-0.4, -0.2) is 27.1 Å². The molecule has 0 fully saturated rings. The summed E-state index contributed by atoms with van der Waals surface area (Å²) in [7, 11) is -1.44. The minimum Gasteiger partial charge on any atom is -0.436 e. The van der Waals surface area contributed by atoms with Crippen LogP contribution in [0.4, 0.5) is 11.4 Å². The monoisotopic (exact) mass is 1330 g/mol. The fraction of sp³-hybridized carbons (Fsp3) is 0. The second-order valence-electron chi connectivity index (χ2n) is 24.9. The van der Waals surface area contributed by atoms with Gasteiger partial charge in [0, 0.05) is 27.3 Å². The predicted octanol–water partition coefficient (Wildman–Crippen LogP) is 24.4. The molecule has 2 N–H and O–H groups in total. The van der Waals surface area contributed by atoms with Crippen molar-refractivity contribution in [3.63, 3.8) is 0 Å². The van der Waals surface area contributed by atoms with Crippen molar-refractivity contribution in [2.75, 3.05) is 0 Å². The predicted molar refractivity (Wildman–Crippen MR) is 421 cm³/mol. The summed E-state index contributed by atoms with van der Waals surface area (Å²) < 4.78 is 12.8. The molecule has 0 amide bonds. The van der Waals surface area contributed by atoms with Gasteiger partial charge in [0.1, 0.15) is 11.0 Å². The van der Waals surface area contributed by atoms with Crippen LogP contribution >= 0.6 is 11.6 Å². The molecule has 10 heteroatoms. The Balaban J connectivity index is 0.000000132. The van der Waals surface area contributed by atoms with Crippen molar-refractivity contribution in [2.24, 2.45) is 0 Å². The SMILES string of the molecule is OB(O)c1cc2ccccc2c2ccccc12.[C-]#[N+]c1ccc(-c2ccc(-c3cc(-c4ccccc4)c4nc(-c5ccc(-c6cc7ccccc7c7ccccc67)cc5)oc4c3)cc2)cc1.[C-]#[N+]c1ccc(-c2ccc(-c3cc(-c4ccccc4)c4nc(-c5ccc(Cl)cc5)oc4c3)cc2)cc1. The molecule has 2 heterocycles. The van der Waals surface area contributed by atoms with Gasteiger partial charge in [-0.3, -0.25) is 0 Å². The Morgan fingerprint density at radius 3 is 1.04 bits per heavy atom. The lowest BCUT2D eigenvalue weighted by Crippen LogP contribution is -2.30. The summed E-state index contributed by atoms with van der Waals surface area (Å²) in [6.07, 6.45) is 0. The van der Waals surface area contributed by atoms with E-state index in [1.165, 1.54) is 27.1 Å². The number of aromatic nitrogens is 2. The highest BCUT2D eigenvalue weighted by Gasteiger charge is 2.20. The summed E-state index contributed by atoms with van der Waals surface area (Å²) in [5.74, 6) is 1.16. The summed E-state index contributed by atoms with van der Waals surface area (Å²) in [5, 5.41) is 28.6. The molecular formula is C92H58BClN4O4. The highest BCUT2D eigenvalue weighted by atomic mass is 35.5. The van der Waals surface area contributed by atoms with E-state index in [0.29, 0.717) is 33.6 Å². The number of hydrogen-bond acceptors (Lipinski definition) is 6. The summed E-state index contributed by atoms with van der Waals surface area (Å²) in [6, 6.07) is 115. The molecule has 0 radical (unpaired) electrons. The van der Waals surface area contributed by atoms with Crippen LogP contribution in [0.3, 0.4) is 0 Å². The van der Waals surface area contributed by atoms with Gasteiger partial charge in [0.15, 0.2) is 22.5 Å². The zero-order chi connectivity index (χ0) is 69.0. The van der Waals surface area contributed by atoms with Crippen LogP contribution in [0.5, 0.6) is 0 Å². The van der Waals surface area contributed by atoms with Gasteiger partial charge in [-0.1, -0.05) is 285 Å². The van der Waals surface area contributed by atoms with E-state index < -0.39 is 7.12 Å². The molecule has 102 heavy (non-hydrogen) atoms. The fourth-order valence-electron chi connectivity index (χ4n) is 13.5. The second-order valence-corrected chi connectivity index (χ2v) is 25.3. The van der Waals surface area contributed by atoms with E-state index in [1.807, 2.05) is 158 Å². The van der Waals surface area contributed by atoms with E-state index >= 15 is 0 Å². The van der Waals surface area contributed by atoms with E-state index in [-0.39, 0.29) is 0 Å². The lowest BCUT2D eigenvalue weighted by Gasteiger charge is -2.11. The first kappa shape index (κ1) is 63.5. The maximum atomic E-state index is 9.44. The van der Waals surface area contributed by atoms with Crippen molar-refractivity contribution in [3.8, 4) is 101 Å². The molecule has 8 nitrogen and oxygen atoms in total. The minimum absolute atomic E-state index is 0.555. The molecule has 0 saturated carbocycles. The van der Waals surface area contributed by atoms with Crippen LogP contribution in [-0.2, 0) is 0 Å². The van der Waals surface area contributed by atoms with Crippen molar-refractivity contribution in [3.05, 3.63) is 368 Å². The van der Waals surface area contributed by atoms with Crippen LogP contribution in [0.1, 0.15) is 0 Å². The summed E-state index contributed by atoms with van der Waals surface area (Å²) in [4.78, 5) is 16.9. The zero-order valence-corrected chi connectivity index (χ0v) is 55.5. The summed E-state index contributed by atoms with van der Waals surface area (Å²) in [5.41, 5.74) is 22.0. The Bertz CT molecular complexity index is 6210. The minimum atomic E-state index is -1.44. The molecule has 0 atom stereocenters. The molecule has 0 bridgehead atoms. The normalized spacial score (nSPS) is 11.1. The van der Waals surface area contributed by atoms with Crippen molar-refractivity contribution < 1.29 is 18.9 Å². The van der Waals surface area contributed by atoms with Gasteiger partial charge >= 0.3 is 7.12 Å². The van der Waals surface area contributed by atoms with Crippen LogP contribution in [0.25, 0.3) is 176 Å². The molecule has 0 aliphatic heterocycles. The standard InChI is InChI=1S/C46H28N2O.C32H19ClN2O.C14H11BO2/c1-47-38-25-23-31(24-26-38)30-15-17-32(18-16-30)37-28-43(33-9-3-2-4-10-33)45-44(29-37)49-46(48-45)35-21-19-34(20-22-35)42-27-36-11-5-6-12-39(36)40-13-7-8-14-41(40)42;1-34-28-17-13-22(14-18-28)21-7-9-23(10-8-21)26-19-29(24-5-3-2-4-6-24)31-30(20-26)36-32(35-31)25-11-15-27(33)16-12-25;16-15(17)14-9-10-5-1-2-6-11(10)12-7-3-4-8-13(12)14/h2-29H;2-20H;1-9,16-17H. The van der Waals surface area contributed by atoms with Crippen LogP contribution in [0.15, 0.2) is 349 Å². The van der Waals surface area contributed by atoms with Gasteiger partial charge in [0.05, 0.1) is 13.1 Å². The number of fused-ring (bicyclic) bond motifs is 8. The van der Waals surface area contributed by atoms with Crippen molar-refractivity contribution in [1.82, 2.24) is 9.97 Å². The van der Waals surface area contributed by atoms with Crippen molar-refractivity contribution >= 4 is 101 Å². The van der Waals surface area contributed by atoms with E-state index in [9.17, 15) is 10.0 Å². The molecule has 16 aromatic carbocycles. The maximum absolute atomic E-state index is 9.44. The highest BCUT2D eigenvalue weighted by Crippen LogP contribution is 2.42. The number of benzene rings is 16. The molecule has 0 saturated heterocycles. The number of halogens is 1. The molecule has 0 unspecified atom stereocenters. The van der Waals surface area contributed by atoms with Crippen molar-refractivity contribution in [1.29, 1.82) is 0 Å². The first-order chi connectivity index (χ1) is 50.2. The first-order valence-corrected chi connectivity index (χ1v) is 33.8. The van der Waals surface area contributed by atoms with E-state index in [4.69, 9.17) is 43.5 Å². The van der Waals surface area contributed by atoms with Crippen LogP contribution < -0.4 is 5.46 Å². The summed E-state index contributed by atoms with van der Waals surface area (Å²) in [6.45, 7) is 14.4. The smallest absolute Gasteiger partial charge is 0.436 e. The lowest BCUT2D eigenvalue weighted by atomic mass is 9.76. The molecule has 18 rings (SSSR count). The Morgan fingerprint density at radius 1 is 0.284 bits per heavy atom. The van der Waals surface area contributed by atoms with Crippen LogP contribution in [0.2, 0.25) is 5.02 Å². The van der Waals surface area contributed by atoms with Gasteiger partial charge < -0.3 is 18.9 Å². The van der Waals surface area contributed by atoms with Gasteiger partial charge in [-0.15, -0.1) is 0 Å². The Labute approximate surface area is 594 Å². The topological polar surface area (TPSA) is 101 Å². The third kappa shape index (κ3) is 12.9. The molecule has 2 aromatic heterocycles. The highest BCUT2D eigenvalue weighted by molar-refractivity contribution is 6.62. The van der Waals surface area contributed by atoms with E-state index in [2.05, 4.69) is 192 Å². The molecule has 0 aliphatic carbocycles. The molecular weight excluding hydrogens is 1270 g/mol. The molecule has 0 spiro atoms. The van der Waals surface area contributed by atoms with Gasteiger partial charge in [0.2, 0.25) is 11.8 Å². The quantitative estimate of drug-likeness (QED) is 0.0804. The average Bonchev–Trinajstić information content (AvgIpc) is 1.36. The van der Waals surface area contributed by atoms with Gasteiger partial charge in [-0.2, -0.15) is 0 Å². The fourth-order valence-corrected chi connectivity index (χ4v) is 13.6. The van der Waals surface area contributed by atoms with E-state index in [0.717, 1.165) is 127 Å². The maximum Gasteiger partial charge on any atom is 0.489 e. The number of oxazole rings is 2. The zero-order valence-electron chi connectivity index (χ0n) is 54.8. The largest absolute Gasteiger partial charge is 0.489 e. The molecule has 18 aromatic rings. The van der Waals surface area contributed by atoms with Gasteiger partial charge in [-0.05, 0) is 182 Å². The molecule has 0 aliphatic rings. The number of rotatable bonds is 10. The number of hydrogen-bond donors (Lipinski definition) is 2. The van der Waals surface area contributed by atoms with Gasteiger partial charge in [0.25, 0.3) is 0 Å². The first-order valence-electron chi connectivity index (χ1n) is 33.4. The summed E-state index contributed by atoms with van der Waals surface area (Å²) >= 11 is 6.07. The van der Waals surface area contributed by atoms with Crippen LogP contribution in [0, 0.1) is 13.1 Å². The van der Waals surface area contributed by atoms with E-state index in [1.54, 1.807) is 0 Å². The lowest BCUT2D eigenvalue weighted by molar-refractivity contribution is 0.426. The Hall–Kier alpha value is -13.2.